The minimum atomic E-state index is -1.62. The number of imidazole rings is 1. The highest BCUT2D eigenvalue weighted by atomic mass is 31.1. The van der Waals surface area contributed by atoms with Crippen LogP contribution >= 0.6 is 7.80 Å². The molecule has 0 saturated heterocycles. The lowest BCUT2D eigenvalue weighted by Crippen LogP contribution is -2.03. The number of hydrogen-bond donors (Lipinski definition) is 0. The second-order valence-electron chi connectivity index (χ2n) is 8.71. The molecule has 35 heavy (non-hydrogen) atoms. The van der Waals surface area contributed by atoms with E-state index in [1.807, 2.05) is 72.8 Å². The fourth-order valence-corrected chi connectivity index (χ4v) is 6.15. The van der Waals surface area contributed by atoms with Gasteiger partial charge in [0.1, 0.15) is 5.82 Å². The normalized spacial score (nSPS) is 12.7. The Morgan fingerprint density at radius 2 is 1.40 bits per heavy atom. The Morgan fingerprint density at radius 3 is 2.23 bits per heavy atom. The fourth-order valence-electron chi connectivity index (χ4n) is 4.78. The first kappa shape index (κ1) is 21.5. The van der Waals surface area contributed by atoms with E-state index in [-0.39, 0.29) is 5.66 Å². The Morgan fingerprint density at radius 1 is 0.714 bits per heavy atom. The molecule has 0 saturated carbocycles. The molecular formula is C31H24N2OP+. The zero-order chi connectivity index (χ0) is 23.8. The van der Waals surface area contributed by atoms with Crippen molar-refractivity contribution in [1.29, 1.82) is 0 Å². The summed E-state index contributed by atoms with van der Waals surface area (Å²) in [5, 5.41) is 3.20. The highest BCUT2D eigenvalue weighted by Crippen LogP contribution is 2.42. The van der Waals surface area contributed by atoms with Gasteiger partial charge in [0.05, 0.1) is 11.0 Å². The molecule has 0 aliphatic rings. The minimum absolute atomic E-state index is 0.0872. The van der Waals surface area contributed by atoms with Crippen LogP contribution in [0.2, 0.25) is 0 Å². The van der Waals surface area contributed by atoms with Gasteiger partial charge >= 0.3 is 7.80 Å². The van der Waals surface area contributed by atoms with Crippen LogP contribution in [0.4, 0.5) is 0 Å². The predicted molar refractivity (Wildman–Crippen MR) is 146 cm³/mol. The summed E-state index contributed by atoms with van der Waals surface area (Å²) in [6.07, 6.45) is 0. The largest absolute Gasteiger partial charge is 0.384 e. The van der Waals surface area contributed by atoms with E-state index in [1.54, 1.807) is 0 Å². The summed E-state index contributed by atoms with van der Waals surface area (Å²) in [4.78, 5) is 4.94. The molecule has 0 fully saturated rings. The summed E-state index contributed by atoms with van der Waals surface area (Å²) in [6, 6.07) is 41.1. The molecule has 1 heterocycles. The van der Waals surface area contributed by atoms with Crippen molar-refractivity contribution in [2.75, 3.05) is 0 Å². The molecule has 0 radical (unpaired) electrons. The summed E-state index contributed by atoms with van der Waals surface area (Å²) >= 11 is 0. The molecule has 3 nitrogen and oxygen atoms in total. The summed E-state index contributed by atoms with van der Waals surface area (Å²) < 4.78 is 15.8. The van der Waals surface area contributed by atoms with E-state index in [4.69, 9.17) is 4.98 Å². The van der Waals surface area contributed by atoms with Gasteiger partial charge in [-0.3, -0.25) is 4.57 Å². The van der Waals surface area contributed by atoms with Gasteiger partial charge in [-0.1, -0.05) is 77.4 Å². The van der Waals surface area contributed by atoms with Crippen LogP contribution in [0.3, 0.4) is 0 Å². The van der Waals surface area contributed by atoms with Crippen LogP contribution in [0.15, 0.2) is 121 Å². The lowest BCUT2D eigenvalue weighted by Gasteiger charge is -2.10. The van der Waals surface area contributed by atoms with E-state index >= 15 is 0 Å². The molecule has 0 N–H and O–H groups in total. The van der Waals surface area contributed by atoms with Crippen molar-refractivity contribution in [3.05, 3.63) is 127 Å². The van der Waals surface area contributed by atoms with Crippen molar-refractivity contribution in [2.45, 2.75) is 12.6 Å². The van der Waals surface area contributed by atoms with E-state index < -0.39 is 7.80 Å². The van der Waals surface area contributed by atoms with E-state index in [0.717, 1.165) is 39.0 Å². The molecule has 0 spiro atoms. The smallest absolute Gasteiger partial charge is 0.292 e. The molecule has 2 unspecified atom stereocenters. The molecule has 0 bridgehead atoms. The highest BCUT2D eigenvalue weighted by molar-refractivity contribution is 7.53. The molecule has 6 aromatic rings. The van der Waals surface area contributed by atoms with Gasteiger partial charge in [0.25, 0.3) is 0 Å². The Bertz CT molecular complexity index is 1660. The average molecular weight is 472 g/mol. The van der Waals surface area contributed by atoms with Crippen LogP contribution in [0.1, 0.15) is 18.1 Å². The second-order valence-corrected chi connectivity index (χ2v) is 10.7. The van der Waals surface area contributed by atoms with Crippen molar-refractivity contribution < 1.29 is 4.57 Å². The van der Waals surface area contributed by atoms with E-state index in [9.17, 15) is 4.57 Å². The van der Waals surface area contributed by atoms with Crippen LogP contribution in [0.5, 0.6) is 0 Å². The Kier molecular flexibility index (Phi) is 5.48. The lowest BCUT2D eigenvalue weighted by atomic mass is 10.0. The summed E-state index contributed by atoms with van der Waals surface area (Å²) in [6.45, 7) is 2.06. The molecule has 5 aromatic carbocycles. The Hall–Kier alpha value is -4.07. The predicted octanol–water partition coefficient (Wildman–Crippen LogP) is 8.06. The first-order chi connectivity index (χ1) is 17.2. The monoisotopic (exact) mass is 471 g/mol. The van der Waals surface area contributed by atoms with Gasteiger partial charge in [-0.05, 0) is 66.2 Å². The Balaban J connectivity index is 1.38. The zero-order valence-electron chi connectivity index (χ0n) is 19.4. The van der Waals surface area contributed by atoms with Crippen LogP contribution in [0.25, 0.3) is 38.9 Å². The maximum absolute atomic E-state index is 13.6. The van der Waals surface area contributed by atoms with Crippen molar-refractivity contribution in [3.63, 3.8) is 0 Å². The van der Waals surface area contributed by atoms with Gasteiger partial charge in [0, 0.05) is 16.8 Å². The van der Waals surface area contributed by atoms with Gasteiger partial charge in [0.2, 0.25) is 0 Å². The number of fused-ring (bicyclic) bond motifs is 2. The molecule has 0 aliphatic heterocycles. The van der Waals surface area contributed by atoms with Crippen molar-refractivity contribution >= 4 is 34.9 Å². The van der Waals surface area contributed by atoms with Gasteiger partial charge in [-0.25, -0.2) is 4.98 Å². The summed E-state index contributed by atoms with van der Waals surface area (Å²) in [5.74, 6) is 0.876. The zero-order valence-corrected chi connectivity index (χ0v) is 20.3. The first-order valence-electron chi connectivity index (χ1n) is 11.8. The van der Waals surface area contributed by atoms with Gasteiger partial charge in [0.15, 0.2) is 11.0 Å². The lowest BCUT2D eigenvalue weighted by molar-refractivity contribution is 0.588. The quantitative estimate of drug-likeness (QED) is 0.238. The molecule has 4 heteroatoms. The van der Waals surface area contributed by atoms with E-state index in [2.05, 4.69) is 60.0 Å². The number of aromatic nitrogens is 2. The van der Waals surface area contributed by atoms with Crippen molar-refractivity contribution in [2.24, 2.45) is 0 Å². The maximum Gasteiger partial charge on any atom is 0.384 e. The molecule has 0 amide bonds. The van der Waals surface area contributed by atoms with Crippen LogP contribution in [-0.4, -0.2) is 9.55 Å². The average Bonchev–Trinajstić information content (AvgIpc) is 3.32. The first-order valence-corrected chi connectivity index (χ1v) is 13.1. The summed E-state index contributed by atoms with van der Waals surface area (Å²) in [7, 11) is -1.62. The van der Waals surface area contributed by atoms with Gasteiger partial charge < -0.3 is 0 Å². The molecular weight excluding hydrogens is 447 g/mol. The molecule has 6 rings (SSSR count). The SMILES string of the molecule is CC(c1cccc2ccccc12)[P+](=O)c1ccc(-c2nc3ccccc3n2-c2ccccc2)cc1. The summed E-state index contributed by atoms with van der Waals surface area (Å²) in [5.41, 5.74) is 5.11. The number of benzene rings is 5. The maximum atomic E-state index is 13.6. The van der Waals surface area contributed by atoms with Crippen LogP contribution in [-0.2, 0) is 4.57 Å². The number of nitrogens with zero attached hydrogens (tertiary/aromatic N) is 2. The second kappa shape index (κ2) is 8.94. The number of para-hydroxylation sites is 3. The minimum Gasteiger partial charge on any atom is -0.292 e. The Labute approximate surface area is 205 Å². The standard InChI is InChI=1S/C31H24N2OP/c1-22(27-15-9-11-23-10-5-6-14-28(23)27)35(34)26-20-18-24(19-21-26)31-32-29-16-7-8-17-30(29)33(31)25-12-3-2-4-13-25/h2-22H,1H3/q+1. The highest BCUT2D eigenvalue weighted by Gasteiger charge is 2.31. The van der Waals surface area contributed by atoms with Crippen molar-refractivity contribution in [3.8, 4) is 17.1 Å². The number of rotatable bonds is 5. The molecule has 2 atom stereocenters. The fraction of sp³-hybridized carbons (Fsp3) is 0.0645. The van der Waals surface area contributed by atoms with E-state index in [0.29, 0.717) is 0 Å². The van der Waals surface area contributed by atoms with Gasteiger partial charge in [-0.2, -0.15) is 0 Å². The molecule has 0 aliphatic carbocycles. The van der Waals surface area contributed by atoms with E-state index in [1.165, 1.54) is 10.8 Å². The topological polar surface area (TPSA) is 34.9 Å². The van der Waals surface area contributed by atoms with Crippen LogP contribution in [0, 0.1) is 0 Å². The molecule has 1 aromatic heterocycles. The molecule has 168 valence electrons. The third-order valence-corrected chi connectivity index (χ3v) is 8.37. The van der Waals surface area contributed by atoms with Crippen molar-refractivity contribution in [1.82, 2.24) is 9.55 Å². The third-order valence-electron chi connectivity index (χ3n) is 6.58. The third kappa shape index (κ3) is 3.84. The van der Waals surface area contributed by atoms with Gasteiger partial charge in [-0.15, -0.1) is 0 Å². The van der Waals surface area contributed by atoms with Crippen LogP contribution < -0.4 is 5.30 Å². The number of hydrogen-bond acceptors (Lipinski definition) is 2.